The van der Waals surface area contributed by atoms with Crippen LogP contribution >= 0.6 is 0 Å². The van der Waals surface area contributed by atoms with Crippen LogP contribution in [0.5, 0.6) is 0 Å². The van der Waals surface area contributed by atoms with Gasteiger partial charge in [0.15, 0.2) is 5.82 Å². The average molecular weight is 431 g/mol. The molecule has 2 heterocycles. The molecule has 0 bridgehead atoms. The van der Waals surface area contributed by atoms with Gasteiger partial charge in [0.05, 0.1) is 23.6 Å². The molecule has 1 aromatic heterocycles. The first-order valence-corrected chi connectivity index (χ1v) is 10.9. The summed E-state index contributed by atoms with van der Waals surface area (Å²) in [6.07, 6.45) is 1.41. The van der Waals surface area contributed by atoms with Gasteiger partial charge in [0.25, 0.3) is 0 Å². The van der Waals surface area contributed by atoms with E-state index in [4.69, 9.17) is 4.74 Å². The summed E-state index contributed by atoms with van der Waals surface area (Å²) < 4.78 is 5.09. The van der Waals surface area contributed by atoms with E-state index in [1.165, 1.54) is 0 Å². The molecule has 0 spiro atoms. The quantitative estimate of drug-likeness (QED) is 0.591. The van der Waals surface area contributed by atoms with Gasteiger partial charge in [-0.3, -0.25) is 4.79 Å². The lowest BCUT2D eigenvalue weighted by molar-refractivity contribution is -0.120. The Morgan fingerprint density at radius 1 is 0.969 bits per heavy atom. The summed E-state index contributed by atoms with van der Waals surface area (Å²) in [5.41, 5.74) is 2.73. The zero-order chi connectivity index (χ0) is 22.3. The third-order valence-electron chi connectivity index (χ3n) is 5.59. The van der Waals surface area contributed by atoms with Gasteiger partial charge in [-0.1, -0.05) is 42.5 Å². The summed E-state index contributed by atoms with van der Waals surface area (Å²) in [5, 5.41) is 11.7. The van der Waals surface area contributed by atoms with Crippen molar-refractivity contribution in [2.24, 2.45) is 5.92 Å². The van der Waals surface area contributed by atoms with E-state index in [0.717, 1.165) is 30.2 Å². The van der Waals surface area contributed by atoms with Gasteiger partial charge in [-0.15, -0.1) is 10.2 Å². The topological polar surface area (TPSA) is 84.4 Å². The summed E-state index contributed by atoms with van der Waals surface area (Å²) in [7, 11) is 0. The Kier molecular flexibility index (Phi) is 6.75. The second-order valence-corrected chi connectivity index (χ2v) is 7.66. The van der Waals surface area contributed by atoms with Crippen LogP contribution < -0.4 is 10.2 Å². The Bertz CT molecular complexity index is 1060. The smallest absolute Gasteiger partial charge is 0.340 e. The van der Waals surface area contributed by atoms with Crippen molar-refractivity contribution in [1.29, 1.82) is 0 Å². The summed E-state index contributed by atoms with van der Waals surface area (Å²) in [5.74, 6) is 0.178. The van der Waals surface area contributed by atoms with Crippen molar-refractivity contribution >= 4 is 23.4 Å². The van der Waals surface area contributed by atoms with E-state index in [1.54, 1.807) is 31.2 Å². The fourth-order valence-corrected chi connectivity index (χ4v) is 3.84. The zero-order valence-corrected chi connectivity index (χ0v) is 18.0. The van der Waals surface area contributed by atoms with E-state index >= 15 is 0 Å². The SMILES string of the molecule is CCOC(=O)c1ccccc1NC(=O)C1CCN(c2ccc(-c3ccccc3)nn2)CC1. The van der Waals surface area contributed by atoms with Gasteiger partial charge in [0.2, 0.25) is 5.91 Å². The monoisotopic (exact) mass is 430 g/mol. The molecule has 2 aromatic carbocycles. The number of para-hydroxylation sites is 1. The van der Waals surface area contributed by atoms with Gasteiger partial charge >= 0.3 is 5.97 Å². The number of ether oxygens (including phenoxy) is 1. The molecule has 1 N–H and O–H groups in total. The Balaban J connectivity index is 1.35. The van der Waals surface area contributed by atoms with E-state index in [9.17, 15) is 9.59 Å². The number of benzene rings is 2. The highest BCUT2D eigenvalue weighted by Crippen LogP contribution is 2.25. The molecule has 0 atom stereocenters. The van der Waals surface area contributed by atoms with Crippen LogP contribution in [0.1, 0.15) is 30.1 Å². The fourth-order valence-electron chi connectivity index (χ4n) is 3.84. The van der Waals surface area contributed by atoms with Gasteiger partial charge < -0.3 is 15.0 Å². The van der Waals surface area contributed by atoms with Crippen LogP contribution in [-0.2, 0) is 9.53 Å². The molecule has 7 nitrogen and oxygen atoms in total. The zero-order valence-electron chi connectivity index (χ0n) is 18.0. The number of nitrogens with one attached hydrogen (secondary N) is 1. The van der Waals surface area contributed by atoms with Crippen molar-refractivity contribution in [1.82, 2.24) is 10.2 Å². The maximum absolute atomic E-state index is 12.8. The average Bonchev–Trinajstić information content (AvgIpc) is 2.85. The number of nitrogens with zero attached hydrogens (tertiary/aromatic N) is 3. The molecule has 4 rings (SSSR count). The molecule has 1 saturated heterocycles. The standard InChI is InChI=1S/C25H26N4O3/c1-2-32-25(31)20-10-6-7-11-22(20)26-24(30)19-14-16-29(17-15-19)23-13-12-21(27-28-23)18-8-4-3-5-9-18/h3-13,19H,2,14-17H2,1H3,(H,26,30). The number of carbonyl (C=O) groups is 2. The lowest BCUT2D eigenvalue weighted by atomic mass is 9.95. The first-order valence-electron chi connectivity index (χ1n) is 10.9. The fraction of sp³-hybridized carbons (Fsp3) is 0.280. The predicted molar refractivity (Wildman–Crippen MR) is 123 cm³/mol. The highest BCUT2D eigenvalue weighted by atomic mass is 16.5. The first-order chi connectivity index (χ1) is 15.7. The highest BCUT2D eigenvalue weighted by molar-refractivity contribution is 6.01. The Hall–Kier alpha value is -3.74. The predicted octanol–water partition coefficient (Wildman–Crippen LogP) is 4.18. The normalized spacial score (nSPS) is 14.1. The number of hydrogen-bond acceptors (Lipinski definition) is 6. The molecule has 0 aliphatic carbocycles. The number of esters is 1. The van der Waals surface area contributed by atoms with Crippen LogP contribution in [0.4, 0.5) is 11.5 Å². The van der Waals surface area contributed by atoms with Crippen molar-refractivity contribution in [2.45, 2.75) is 19.8 Å². The Morgan fingerprint density at radius 3 is 2.38 bits per heavy atom. The summed E-state index contributed by atoms with van der Waals surface area (Å²) in [4.78, 5) is 27.1. The minimum absolute atomic E-state index is 0.0769. The second-order valence-electron chi connectivity index (χ2n) is 7.66. The largest absolute Gasteiger partial charge is 0.462 e. The third kappa shape index (κ3) is 4.94. The lowest BCUT2D eigenvalue weighted by Gasteiger charge is -2.32. The van der Waals surface area contributed by atoms with Crippen molar-refractivity contribution in [3.8, 4) is 11.3 Å². The van der Waals surface area contributed by atoms with Crippen LogP contribution in [0.2, 0.25) is 0 Å². The second kappa shape index (κ2) is 10.0. The van der Waals surface area contributed by atoms with E-state index in [1.807, 2.05) is 42.5 Å². The summed E-state index contributed by atoms with van der Waals surface area (Å²) in [6.45, 7) is 3.48. The van der Waals surface area contributed by atoms with Crippen molar-refractivity contribution in [2.75, 3.05) is 29.9 Å². The van der Waals surface area contributed by atoms with E-state index in [-0.39, 0.29) is 18.4 Å². The third-order valence-corrected chi connectivity index (χ3v) is 5.59. The van der Waals surface area contributed by atoms with Gasteiger partial charge in [-0.2, -0.15) is 0 Å². The van der Waals surface area contributed by atoms with Gasteiger partial charge in [0.1, 0.15) is 0 Å². The number of aromatic nitrogens is 2. The number of amides is 1. The first kappa shape index (κ1) is 21.5. The summed E-state index contributed by atoms with van der Waals surface area (Å²) >= 11 is 0. The maximum Gasteiger partial charge on any atom is 0.340 e. The maximum atomic E-state index is 12.8. The van der Waals surface area contributed by atoms with Crippen LogP contribution in [-0.4, -0.2) is 41.8 Å². The molecular weight excluding hydrogens is 404 g/mol. The van der Waals surface area contributed by atoms with Crippen LogP contribution in [0.3, 0.4) is 0 Å². The molecule has 0 unspecified atom stereocenters. The summed E-state index contributed by atoms with van der Waals surface area (Å²) in [6, 6.07) is 20.8. The molecule has 0 saturated carbocycles. The van der Waals surface area contributed by atoms with E-state index < -0.39 is 5.97 Å². The number of anilines is 2. The molecular formula is C25H26N4O3. The lowest BCUT2D eigenvalue weighted by Crippen LogP contribution is -2.38. The van der Waals surface area contributed by atoms with Crippen LogP contribution in [0, 0.1) is 5.92 Å². The highest BCUT2D eigenvalue weighted by Gasteiger charge is 2.27. The molecule has 1 amide bonds. The molecule has 164 valence electrons. The molecule has 3 aromatic rings. The molecule has 32 heavy (non-hydrogen) atoms. The van der Waals surface area contributed by atoms with E-state index in [2.05, 4.69) is 20.4 Å². The molecule has 1 aliphatic heterocycles. The van der Waals surface area contributed by atoms with Crippen molar-refractivity contribution in [3.05, 3.63) is 72.3 Å². The molecule has 1 aliphatic rings. The van der Waals surface area contributed by atoms with Crippen molar-refractivity contribution < 1.29 is 14.3 Å². The Labute approximate surface area is 187 Å². The molecule has 7 heteroatoms. The number of piperidine rings is 1. The Morgan fingerprint density at radius 2 is 1.69 bits per heavy atom. The number of rotatable bonds is 6. The minimum Gasteiger partial charge on any atom is -0.462 e. The van der Waals surface area contributed by atoms with Gasteiger partial charge in [-0.25, -0.2) is 4.79 Å². The molecule has 1 fully saturated rings. The molecule has 0 radical (unpaired) electrons. The van der Waals surface area contributed by atoms with Gasteiger partial charge in [-0.05, 0) is 44.0 Å². The van der Waals surface area contributed by atoms with Crippen molar-refractivity contribution in [3.63, 3.8) is 0 Å². The number of carbonyl (C=O) groups excluding carboxylic acids is 2. The van der Waals surface area contributed by atoms with Gasteiger partial charge in [0, 0.05) is 24.6 Å². The van der Waals surface area contributed by atoms with Crippen LogP contribution in [0.15, 0.2) is 66.7 Å². The van der Waals surface area contributed by atoms with Crippen LogP contribution in [0.25, 0.3) is 11.3 Å². The van der Waals surface area contributed by atoms with E-state index in [0.29, 0.717) is 24.1 Å². The minimum atomic E-state index is -0.434. The number of hydrogen-bond donors (Lipinski definition) is 1.